The summed E-state index contributed by atoms with van der Waals surface area (Å²) in [6, 6.07) is 4.61. The zero-order valence-electron chi connectivity index (χ0n) is 10.5. The van der Waals surface area contributed by atoms with Crippen molar-refractivity contribution < 1.29 is 19.2 Å². The summed E-state index contributed by atoms with van der Waals surface area (Å²) in [5, 5.41) is 1.10. The summed E-state index contributed by atoms with van der Waals surface area (Å²) in [5.74, 6) is -0.814. The third kappa shape index (κ3) is 4.01. The lowest BCUT2D eigenvalue weighted by Crippen LogP contribution is -2.34. The van der Waals surface area contributed by atoms with Crippen LogP contribution in [-0.2, 0) is 9.57 Å². The van der Waals surface area contributed by atoms with Crippen LogP contribution in [0.2, 0.25) is 10.0 Å². The Kier molecular flexibility index (Phi) is 5.92. The Bertz CT molecular complexity index is 459. The predicted molar refractivity (Wildman–Crippen MR) is 71.3 cm³/mol. The molecule has 1 aromatic carbocycles. The monoisotopic (exact) mass is 305 g/mol. The lowest BCUT2D eigenvalue weighted by atomic mass is 10.2. The van der Waals surface area contributed by atoms with Crippen LogP contribution in [0.1, 0.15) is 24.2 Å². The Balaban J connectivity index is 2.86. The predicted octanol–water partition coefficient (Wildman–Crippen LogP) is 3.54. The van der Waals surface area contributed by atoms with Gasteiger partial charge < -0.3 is 9.57 Å². The number of ether oxygens (including phenoxy) is 1. The molecule has 19 heavy (non-hydrogen) atoms. The minimum absolute atomic E-state index is 0.00795. The first kappa shape index (κ1) is 15.6. The average Bonchev–Trinajstić information content (AvgIpc) is 2.35. The fourth-order valence-corrected chi connectivity index (χ4v) is 1.82. The van der Waals surface area contributed by atoms with E-state index < -0.39 is 12.1 Å². The first-order valence-electron chi connectivity index (χ1n) is 5.61. The number of carbonyl (C=O) groups excluding carboxylic acids is 2. The zero-order chi connectivity index (χ0) is 14.4. The van der Waals surface area contributed by atoms with Gasteiger partial charge in [0.2, 0.25) is 0 Å². The van der Waals surface area contributed by atoms with Gasteiger partial charge in [-0.25, -0.2) is 9.59 Å². The maximum Gasteiger partial charge on any atom is 0.443 e. The van der Waals surface area contributed by atoms with Crippen molar-refractivity contribution in [3.05, 3.63) is 33.8 Å². The second-order valence-corrected chi connectivity index (χ2v) is 4.18. The molecule has 0 atom stereocenters. The number of halogens is 2. The van der Waals surface area contributed by atoms with E-state index >= 15 is 0 Å². The van der Waals surface area contributed by atoms with Crippen molar-refractivity contribution in [2.75, 3.05) is 13.2 Å². The molecule has 0 saturated heterocycles. The standard InChI is InChI=1S/C12H13Cl2NO4/c1-3-15(12(17)18-4-2)19-11(16)10-8(13)6-5-7-9(10)14/h5-7H,3-4H2,1-2H3. The molecule has 0 bridgehead atoms. The normalized spacial score (nSPS) is 9.89. The number of hydrogen-bond acceptors (Lipinski definition) is 4. The van der Waals surface area contributed by atoms with E-state index in [1.807, 2.05) is 0 Å². The van der Waals surface area contributed by atoms with Crippen molar-refractivity contribution in [1.29, 1.82) is 0 Å². The van der Waals surface area contributed by atoms with Crippen LogP contribution in [0, 0.1) is 0 Å². The summed E-state index contributed by atoms with van der Waals surface area (Å²) in [4.78, 5) is 28.3. The molecule has 0 fully saturated rings. The highest BCUT2D eigenvalue weighted by Crippen LogP contribution is 2.25. The Hall–Kier alpha value is -1.46. The quantitative estimate of drug-likeness (QED) is 0.801. The van der Waals surface area contributed by atoms with Crippen molar-refractivity contribution >= 4 is 35.3 Å². The van der Waals surface area contributed by atoms with Gasteiger partial charge in [0.1, 0.15) is 0 Å². The van der Waals surface area contributed by atoms with E-state index in [9.17, 15) is 9.59 Å². The van der Waals surface area contributed by atoms with Crippen LogP contribution in [0.25, 0.3) is 0 Å². The molecule has 1 aromatic rings. The summed E-state index contributed by atoms with van der Waals surface area (Å²) in [5.41, 5.74) is 0.00795. The molecule has 7 heteroatoms. The fourth-order valence-electron chi connectivity index (χ4n) is 1.26. The number of hydrogen-bond donors (Lipinski definition) is 0. The molecule has 0 saturated carbocycles. The van der Waals surface area contributed by atoms with Crippen molar-refractivity contribution in [3.8, 4) is 0 Å². The summed E-state index contributed by atoms with van der Waals surface area (Å²) in [6.07, 6.45) is -0.749. The van der Waals surface area contributed by atoms with Crippen molar-refractivity contribution in [2.24, 2.45) is 0 Å². The SMILES string of the molecule is CCOC(=O)N(CC)OC(=O)c1c(Cl)cccc1Cl. The van der Waals surface area contributed by atoms with Gasteiger partial charge in [-0.15, -0.1) is 5.06 Å². The van der Waals surface area contributed by atoms with E-state index in [1.54, 1.807) is 19.9 Å². The molecule has 0 heterocycles. The molecule has 104 valence electrons. The average molecular weight is 306 g/mol. The lowest BCUT2D eigenvalue weighted by molar-refractivity contribution is -0.0903. The van der Waals surface area contributed by atoms with Gasteiger partial charge in [0.25, 0.3) is 0 Å². The molecule has 0 aromatic heterocycles. The van der Waals surface area contributed by atoms with Crippen molar-refractivity contribution in [2.45, 2.75) is 13.8 Å². The highest BCUT2D eigenvalue weighted by Gasteiger charge is 2.22. The van der Waals surface area contributed by atoms with Crippen molar-refractivity contribution in [1.82, 2.24) is 5.06 Å². The minimum atomic E-state index is -0.814. The van der Waals surface area contributed by atoms with Crippen LogP contribution in [-0.4, -0.2) is 30.3 Å². The second-order valence-electron chi connectivity index (χ2n) is 3.37. The molecule has 1 rings (SSSR count). The third-order valence-electron chi connectivity index (χ3n) is 2.12. The van der Waals surface area contributed by atoms with Crippen LogP contribution >= 0.6 is 23.2 Å². The Morgan fingerprint density at radius 3 is 2.26 bits per heavy atom. The second kappa shape index (κ2) is 7.21. The molecule has 5 nitrogen and oxygen atoms in total. The van der Waals surface area contributed by atoms with Gasteiger partial charge in [-0.2, -0.15) is 0 Å². The molecule has 1 amide bonds. The first-order chi connectivity index (χ1) is 9.01. The maximum absolute atomic E-state index is 11.9. The van der Waals surface area contributed by atoms with Crippen molar-refractivity contribution in [3.63, 3.8) is 0 Å². The highest BCUT2D eigenvalue weighted by molar-refractivity contribution is 6.39. The van der Waals surface area contributed by atoms with E-state index in [-0.39, 0.29) is 28.8 Å². The largest absolute Gasteiger partial charge is 0.448 e. The topological polar surface area (TPSA) is 55.8 Å². The van der Waals surface area contributed by atoms with Crippen LogP contribution in [0.4, 0.5) is 4.79 Å². The summed E-state index contributed by atoms with van der Waals surface area (Å²) in [6.45, 7) is 3.61. The molecule has 0 spiro atoms. The van der Waals surface area contributed by atoms with E-state index in [0.717, 1.165) is 5.06 Å². The Morgan fingerprint density at radius 1 is 1.21 bits per heavy atom. The minimum Gasteiger partial charge on any atom is -0.448 e. The number of benzene rings is 1. The molecule has 0 aliphatic rings. The van der Waals surface area contributed by atoms with Gasteiger partial charge in [0.15, 0.2) is 0 Å². The molecular formula is C12H13Cl2NO4. The Labute approximate surface area is 120 Å². The fraction of sp³-hybridized carbons (Fsp3) is 0.333. The van der Waals surface area contributed by atoms with E-state index in [4.69, 9.17) is 32.8 Å². The van der Waals surface area contributed by atoms with Crippen LogP contribution < -0.4 is 0 Å². The zero-order valence-corrected chi connectivity index (χ0v) is 12.0. The number of rotatable bonds is 3. The number of carbonyl (C=O) groups is 2. The molecule has 0 N–H and O–H groups in total. The van der Waals surface area contributed by atoms with Crippen LogP contribution in [0.3, 0.4) is 0 Å². The number of amides is 1. The highest BCUT2D eigenvalue weighted by atomic mass is 35.5. The van der Waals surface area contributed by atoms with Gasteiger partial charge in [0, 0.05) is 0 Å². The van der Waals surface area contributed by atoms with E-state index in [0.29, 0.717) is 0 Å². The van der Waals surface area contributed by atoms with Gasteiger partial charge in [-0.1, -0.05) is 29.3 Å². The van der Waals surface area contributed by atoms with Gasteiger partial charge in [0.05, 0.1) is 28.8 Å². The summed E-state index contributed by atoms with van der Waals surface area (Å²) in [7, 11) is 0. The molecule has 0 aliphatic carbocycles. The maximum atomic E-state index is 11.9. The van der Waals surface area contributed by atoms with Gasteiger partial charge in [-0.05, 0) is 26.0 Å². The van der Waals surface area contributed by atoms with Crippen LogP contribution in [0.15, 0.2) is 18.2 Å². The smallest absolute Gasteiger partial charge is 0.443 e. The lowest BCUT2D eigenvalue weighted by Gasteiger charge is -2.19. The summed E-state index contributed by atoms with van der Waals surface area (Å²) < 4.78 is 4.74. The van der Waals surface area contributed by atoms with Crippen LogP contribution in [0.5, 0.6) is 0 Å². The van der Waals surface area contributed by atoms with E-state index in [1.165, 1.54) is 12.1 Å². The third-order valence-corrected chi connectivity index (χ3v) is 2.75. The molecular weight excluding hydrogens is 293 g/mol. The Morgan fingerprint density at radius 2 is 1.79 bits per heavy atom. The molecule has 0 radical (unpaired) electrons. The first-order valence-corrected chi connectivity index (χ1v) is 6.37. The van der Waals surface area contributed by atoms with Gasteiger partial charge in [-0.3, -0.25) is 0 Å². The summed E-state index contributed by atoms with van der Waals surface area (Å²) >= 11 is 11.7. The molecule has 0 aliphatic heterocycles. The number of nitrogens with zero attached hydrogens (tertiary/aromatic N) is 1. The molecule has 0 unspecified atom stereocenters. The number of hydroxylamine groups is 2. The van der Waals surface area contributed by atoms with Gasteiger partial charge >= 0.3 is 12.1 Å². The van der Waals surface area contributed by atoms with E-state index in [2.05, 4.69) is 0 Å².